The Morgan fingerprint density at radius 3 is 2.55 bits per heavy atom. The predicted molar refractivity (Wildman–Crippen MR) is 89.8 cm³/mol. The second-order valence-electron chi connectivity index (χ2n) is 6.50. The van der Waals surface area contributed by atoms with Crippen LogP contribution in [0, 0.1) is 5.92 Å². The van der Waals surface area contributed by atoms with Crippen molar-refractivity contribution in [2.24, 2.45) is 11.7 Å². The van der Waals surface area contributed by atoms with E-state index >= 15 is 0 Å². The van der Waals surface area contributed by atoms with Crippen LogP contribution in [0.2, 0.25) is 0 Å². The molecule has 2 aliphatic rings. The van der Waals surface area contributed by atoms with E-state index in [9.17, 15) is 9.59 Å². The molecule has 128 valence electrons. The Morgan fingerprint density at radius 1 is 1.18 bits per heavy atom. The number of rotatable bonds is 3. The van der Waals surface area contributed by atoms with Gasteiger partial charge in [-0.25, -0.2) is 0 Å². The predicted octanol–water partition coefficient (Wildman–Crippen LogP) is 1.79. The van der Waals surface area contributed by atoms with Crippen LogP contribution in [0.3, 0.4) is 0 Å². The lowest BCUT2D eigenvalue weighted by Crippen LogP contribution is -2.55. The van der Waals surface area contributed by atoms with Gasteiger partial charge < -0.3 is 15.5 Å². The molecule has 0 aromatic heterocycles. The summed E-state index contributed by atoms with van der Waals surface area (Å²) in [5.41, 5.74) is 6.00. The summed E-state index contributed by atoms with van der Waals surface area (Å²) in [6.45, 7) is 6.18. The van der Waals surface area contributed by atoms with Gasteiger partial charge in [-0.05, 0) is 44.9 Å². The summed E-state index contributed by atoms with van der Waals surface area (Å²) < 4.78 is 0. The van der Waals surface area contributed by atoms with E-state index in [1.165, 1.54) is 0 Å². The van der Waals surface area contributed by atoms with E-state index in [4.69, 9.17) is 5.73 Å². The first-order valence-corrected chi connectivity index (χ1v) is 8.38. The number of halogens is 1. The molecule has 2 amide bonds. The minimum absolute atomic E-state index is 0. The van der Waals surface area contributed by atoms with Crippen molar-refractivity contribution >= 4 is 24.2 Å². The van der Waals surface area contributed by atoms with Gasteiger partial charge in [-0.3, -0.25) is 9.59 Å². The van der Waals surface area contributed by atoms with Gasteiger partial charge in [-0.2, -0.15) is 0 Å². The largest absolute Gasteiger partial charge is 0.341 e. The van der Waals surface area contributed by atoms with Crippen LogP contribution in [0.4, 0.5) is 0 Å². The summed E-state index contributed by atoms with van der Waals surface area (Å²) in [4.78, 5) is 28.7. The van der Waals surface area contributed by atoms with Crippen molar-refractivity contribution in [1.29, 1.82) is 0 Å². The lowest BCUT2D eigenvalue weighted by molar-refractivity contribution is -0.148. The Hall–Kier alpha value is -0.810. The molecule has 0 bridgehead atoms. The van der Waals surface area contributed by atoms with E-state index in [2.05, 4.69) is 0 Å². The molecule has 5 nitrogen and oxygen atoms in total. The summed E-state index contributed by atoms with van der Waals surface area (Å²) in [5, 5.41) is 0. The van der Waals surface area contributed by atoms with Crippen molar-refractivity contribution in [3.05, 3.63) is 0 Å². The molecule has 2 aliphatic heterocycles. The molecule has 6 heteroatoms. The number of amides is 2. The van der Waals surface area contributed by atoms with Gasteiger partial charge in [-0.1, -0.05) is 6.92 Å². The zero-order valence-corrected chi connectivity index (χ0v) is 14.6. The third-order valence-electron chi connectivity index (χ3n) is 4.92. The van der Waals surface area contributed by atoms with Gasteiger partial charge in [0, 0.05) is 32.1 Å². The first-order valence-electron chi connectivity index (χ1n) is 8.38. The zero-order chi connectivity index (χ0) is 15.4. The summed E-state index contributed by atoms with van der Waals surface area (Å²) in [7, 11) is 0. The van der Waals surface area contributed by atoms with Crippen LogP contribution >= 0.6 is 12.4 Å². The molecule has 0 saturated carbocycles. The summed E-state index contributed by atoms with van der Waals surface area (Å²) in [6.07, 6.45) is 5.46. The van der Waals surface area contributed by atoms with Crippen LogP contribution in [0.1, 0.15) is 52.4 Å². The third-order valence-corrected chi connectivity index (χ3v) is 4.92. The minimum Gasteiger partial charge on any atom is -0.341 e. The molecular weight excluding hydrogens is 302 g/mol. The average Bonchev–Trinajstić information content (AvgIpc) is 2.53. The quantitative estimate of drug-likeness (QED) is 0.857. The standard InChI is InChI=1S/C16H29N3O2.ClH/c1-3-15(20)19-10-5-4-8-14(19)16(21)18-9-6-7-13(11-18)12(2)17;/h12-14H,3-11,17H2,1-2H3;1H. The molecule has 0 aromatic carbocycles. The van der Waals surface area contributed by atoms with E-state index in [1.54, 1.807) is 4.90 Å². The van der Waals surface area contributed by atoms with Crippen molar-refractivity contribution in [3.63, 3.8) is 0 Å². The highest BCUT2D eigenvalue weighted by atomic mass is 35.5. The van der Waals surface area contributed by atoms with Crippen molar-refractivity contribution < 1.29 is 9.59 Å². The lowest BCUT2D eigenvalue weighted by Gasteiger charge is -2.41. The highest BCUT2D eigenvalue weighted by molar-refractivity contribution is 5.88. The molecule has 3 atom stereocenters. The SMILES string of the molecule is CCC(=O)N1CCCCC1C(=O)N1CCCC(C(C)N)C1.Cl. The Balaban J connectivity index is 0.00000242. The second-order valence-corrected chi connectivity index (χ2v) is 6.50. The topological polar surface area (TPSA) is 66.6 Å². The highest BCUT2D eigenvalue weighted by Gasteiger charge is 2.36. The fraction of sp³-hybridized carbons (Fsp3) is 0.875. The maximum absolute atomic E-state index is 12.8. The number of carbonyl (C=O) groups excluding carboxylic acids is 2. The summed E-state index contributed by atoms with van der Waals surface area (Å²) in [6, 6.07) is -0.113. The van der Waals surface area contributed by atoms with Gasteiger partial charge in [0.05, 0.1) is 0 Å². The number of piperidine rings is 2. The second kappa shape index (κ2) is 8.73. The fourth-order valence-electron chi connectivity index (χ4n) is 3.54. The Labute approximate surface area is 140 Å². The van der Waals surface area contributed by atoms with Gasteiger partial charge in [-0.15, -0.1) is 12.4 Å². The van der Waals surface area contributed by atoms with Crippen LogP contribution < -0.4 is 5.73 Å². The zero-order valence-electron chi connectivity index (χ0n) is 13.8. The van der Waals surface area contributed by atoms with Gasteiger partial charge in [0.25, 0.3) is 0 Å². The summed E-state index contributed by atoms with van der Waals surface area (Å²) >= 11 is 0. The molecule has 2 heterocycles. The Bertz CT molecular complexity index is 390. The van der Waals surface area contributed by atoms with Gasteiger partial charge in [0.2, 0.25) is 11.8 Å². The highest BCUT2D eigenvalue weighted by Crippen LogP contribution is 2.24. The van der Waals surface area contributed by atoms with Crippen LogP contribution in [-0.2, 0) is 9.59 Å². The van der Waals surface area contributed by atoms with Crippen LogP contribution in [0.5, 0.6) is 0 Å². The molecule has 2 rings (SSSR count). The molecule has 3 unspecified atom stereocenters. The Kier molecular flexibility index (Phi) is 7.63. The first-order chi connectivity index (χ1) is 10.0. The van der Waals surface area contributed by atoms with E-state index in [1.807, 2.05) is 18.7 Å². The van der Waals surface area contributed by atoms with E-state index in [0.29, 0.717) is 12.3 Å². The van der Waals surface area contributed by atoms with E-state index < -0.39 is 0 Å². The lowest BCUT2D eigenvalue weighted by atomic mass is 9.91. The maximum Gasteiger partial charge on any atom is 0.245 e. The molecular formula is C16H30ClN3O2. The molecule has 0 aliphatic carbocycles. The van der Waals surface area contributed by atoms with Gasteiger partial charge in [0.1, 0.15) is 6.04 Å². The van der Waals surface area contributed by atoms with Crippen molar-refractivity contribution in [1.82, 2.24) is 9.80 Å². The van der Waals surface area contributed by atoms with Crippen molar-refractivity contribution in [2.45, 2.75) is 64.5 Å². The molecule has 22 heavy (non-hydrogen) atoms. The Morgan fingerprint density at radius 2 is 1.91 bits per heavy atom. The molecule has 0 aromatic rings. The third kappa shape index (κ3) is 4.35. The maximum atomic E-state index is 12.8. The van der Waals surface area contributed by atoms with Gasteiger partial charge >= 0.3 is 0 Å². The molecule has 2 fully saturated rings. The van der Waals surface area contributed by atoms with E-state index in [-0.39, 0.29) is 36.3 Å². The van der Waals surface area contributed by atoms with Crippen LogP contribution in [0.25, 0.3) is 0 Å². The first kappa shape index (κ1) is 19.2. The molecule has 0 spiro atoms. The normalized spacial score (nSPS) is 27.0. The number of nitrogens with two attached hydrogens (primary N) is 1. The van der Waals surface area contributed by atoms with Crippen LogP contribution in [0.15, 0.2) is 0 Å². The molecule has 0 radical (unpaired) electrons. The smallest absolute Gasteiger partial charge is 0.245 e. The average molecular weight is 332 g/mol. The number of carbonyl (C=O) groups is 2. The van der Waals surface area contributed by atoms with Crippen molar-refractivity contribution in [2.75, 3.05) is 19.6 Å². The number of hydrogen-bond acceptors (Lipinski definition) is 3. The molecule has 2 N–H and O–H groups in total. The number of hydrogen-bond donors (Lipinski definition) is 1. The number of likely N-dealkylation sites (tertiary alicyclic amines) is 2. The van der Waals surface area contributed by atoms with Crippen LogP contribution in [-0.4, -0.2) is 53.3 Å². The van der Waals surface area contributed by atoms with Gasteiger partial charge in [0.15, 0.2) is 0 Å². The minimum atomic E-state index is -0.238. The van der Waals surface area contributed by atoms with Crippen molar-refractivity contribution in [3.8, 4) is 0 Å². The number of nitrogens with zero attached hydrogens (tertiary/aromatic N) is 2. The summed E-state index contributed by atoms with van der Waals surface area (Å²) in [5.74, 6) is 0.636. The molecule has 2 saturated heterocycles. The fourth-order valence-corrected chi connectivity index (χ4v) is 3.54. The monoisotopic (exact) mass is 331 g/mol. The van der Waals surface area contributed by atoms with E-state index in [0.717, 1.165) is 51.7 Å².